The predicted molar refractivity (Wildman–Crippen MR) is 107 cm³/mol. The fraction of sp³-hybridized carbons (Fsp3) is 0.556. The molecule has 1 aliphatic rings. The zero-order valence-electron chi connectivity index (χ0n) is 15.8. The van der Waals surface area contributed by atoms with Crippen LogP contribution < -0.4 is 5.32 Å². The monoisotopic (exact) mass is 408 g/mol. The van der Waals surface area contributed by atoms with Crippen molar-refractivity contribution in [3.8, 4) is 0 Å². The minimum atomic E-state index is -0.386. The van der Waals surface area contributed by atoms with Crippen LogP contribution in [0.4, 0.5) is 5.00 Å². The number of aromatic amines is 1. The first kappa shape index (κ1) is 19.9. The van der Waals surface area contributed by atoms with Gasteiger partial charge in [0.25, 0.3) is 0 Å². The van der Waals surface area contributed by atoms with E-state index in [0.29, 0.717) is 21.6 Å². The van der Waals surface area contributed by atoms with E-state index in [0.717, 1.165) is 43.5 Å². The Morgan fingerprint density at radius 1 is 1.44 bits per heavy atom. The van der Waals surface area contributed by atoms with E-state index in [9.17, 15) is 9.59 Å². The number of hydrogen-bond donors (Lipinski definition) is 2. The Labute approximate surface area is 166 Å². The average molecular weight is 409 g/mol. The number of rotatable bonds is 7. The lowest BCUT2D eigenvalue weighted by atomic mass is 9.88. The van der Waals surface area contributed by atoms with E-state index in [1.54, 1.807) is 0 Å². The van der Waals surface area contributed by atoms with Gasteiger partial charge in [-0.3, -0.25) is 9.89 Å². The van der Waals surface area contributed by atoms with Crippen LogP contribution in [0.25, 0.3) is 0 Å². The molecule has 0 saturated heterocycles. The topological polar surface area (TPSA) is 97.0 Å². The Bertz CT molecular complexity index is 831. The number of amides is 1. The molecule has 2 heterocycles. The van der Waals surface area contributed by atoms with Crippen molar-refractivity contribution in [3.05, 3.63) is 21.8 Å². The Hall–Kier alpha value is -1.87. The van der Waals surface area contributed by atoms with Crippen LogP contribution in [0.2, 0.25) is 0 Å². The highest BCUT2D eigenvalue weighted by Crippen LogP contribution is 2.40. The minimum absolute atomic E-state index is 0.182. The van der Waals surface area contributed by atoms with E-state index in [4.69, 9.17) is 4.74 Å². The van der Waals surface area contributed by atoms with Gasteiger partial charge in [-0.2, -0.15) is 0 Å². The van der Waals surface area contributed by atoms with E-state index >= 15 is 0 Å². The van der Waals surface area contributed by atoms with Gasteiger partial charge < -0.3 is 10.1 Å². The number of aromatic nitrogens is 3. The molecular weight excluding hydrogens is 384 g/mol. The van der Waals surface area contributed by atoms with Gasteiger partial charge in [0, 0.05) is 11.3 Å². The van der Waals surface area contributed by atoms with Crippen LogP contribution in [0, 0.1) is 5.92 Å². The molecule has 7 nitrogen and oxygen atoms in total. The van der Waals surface area contributed by atoms with Gasteiger partial charge >= 0.3 is 5.97 Å². The number of nitrogens with zero attached hydrogens (tertiary/aromatic N) is 2. The lowest BCUT2D eigenvalue weighted by molar-refractivity contribution is -0.113. The number of thiophene rings is 1. The first-order valence-electron chi connectivity index (χ1n) is 9.08. The number of carbonyl (C=O) groups is 2. The van der Waals surface area contributed by atoms with E-state index in [-0.39, 0.29) is 17.6 Å². The smallest absolute Gasteiger partial charge is 0.341 e. The van der Waals surface area contributed by atoms with Crippen molar-refractivity contribution in [1.29, 1.82) is 0 Å². The van der Waals surface area contributed by atoms with Crippen molar-refractivity contribution in [2.75, 3.05) is 18.2 Å². The fourth-order valence-corrected chi connectivity index (χ4v) is 5.17. The normalized spacial score (nSPS) is 16.0. The van der Waals surface area contributed by atoms with Gasteiger partial charge in [0.05, 0.1) is 18.4 Å². The van der Waals surface area contributed by atoms with Gasteiger partial charge in [0.15, 0.2) is 0 Å². The molecule has 146 valence electrons. The van der Waals surface area contributed by atoms with Crippen LogP contribution in [0.1, 0.15) is 53.3 Å². The lowest BCUT2D eigenvalue weighted by Gasteiger charge is -2.18. The molecule has 1 unspecified atom stereocenters. The quantitative estimate of drug-likeness (QED) is 0.538. The molecule has 0 radical (unpaired) electrons. The zero-order valence-corrected chi connectivity index (χ0v) is 17.4. The van der Waals surface area contributed by atoms with Crippen molar-refractivity contribution in [2.24, 2.45) is 5.92 Å². The van der Waals surface area contributed by atoms with Crippen LogP contribution in [0.5, 0.6) is 0 Å². The number of thioether (sulfide) groups is 1. The van der Waals surface area contributed by atoms with Crippen molar-refractivity contribution in [3.63, 3.8) is 0 Å². The first-order chi connectivity index (χ1) is 13.0. The molecule has 1 atom stereocenters. The molecule has 27 heavy (non-hydrogen) atoms. The van der Waals surface area contributed by atoms with Crippen LogP contribution in [-0.2, 0) is 28.8 Å². The third-order valence-electron chi connectivity index (χ3n) is 4.48. The van der Waals surface area contributed by atoms with Gasteiger partial charge in [-0.1, -0.05) is 25.6 Å². The second-order valence-corrected chi connectivity index (χ2v) is 8.75. The summed E-state index contributed by atoms with van der Waals surface area (Å²) in [5.74, 6) is 1.03. The number of aryl methyl sites for hydroxylation is 1. The maximum absolute atomic E-state index is 12.4. The van der Waals surface area contributed by atoms with Crippen molar-refractivity contribution in [1.82, 2.24) is 15.2 Å². The molecular formula is C18H24N4O3S2. The SMILES string of the molecule is CCCc1nc(SCC(=O)Nc2sc3c(c2C(=O)OC)CCC(C)C3)n[nH]1. The predicted octanol–water partition coefficient (Wildman–Crippen LogP) is 3.46. The number of anilines is 1. The van der Waals surface area contributed by atoms with Gasteiger partial charge in [0.2, 0.25) is 11.1 Å². The molecule has 1 aliphatic carbocycles. The van der Waals surface area contributed by atoms with Crippen molar-refractivity contribution >= 4 is 40.0 Å². The zero-order chi connectivity index (χ0) is 19.4. The van der Waals surface area contributed by atoms with E-state index in [1.807, 2.05) is 0 Å². The Kier molecular flexibility index (Phi) is 6.54. The van der Waals surface area contributed by atoms with Crippen molar-refractivity contribution < 1.29 is 14.3 Å². The molecule has 2 aromatic heterocycles. The summed E-state index contributed by atoms with van der Waals surface area (Å²) in [7, 11) is 1.37. The van der Waals surface area contributed by atoms with Crippen LogP contribution in [0.3, 0.4) is 0 Å². The minimum Gasteiger partial charge on any atom is -0.465 e. The van der Waals surface area contributed by atoms with Crippen LogP contribution >= 0.6 is 23.1 Å². The molecule has 0 aliphatic heterocycles. The number of H-pyrrole nitrogens is 1. The van der Waals surface area contributed by atoms with Gasteiger partial charge in [0.1, 0.15) is 10.8 Å². The summed E-state index contributed by atoms with van der Waals surface area (Å²) in [5, 5.41) is 11.0. The maximum Gasteiger partial charge on any atom is 0.341 e. The number of ether oxygens (including phenoxy) is 1. The molecule has 0 saturated carbocycles. The molecule has 0 spiro atoms. The molecule has 2 N–H and O–H groups in total. The van der Waals surface area contributed by atoms with E-state index in [2.05, 4.69) is 34.3 Å². The summed E-state index contributed by atoms with van der Waals surface area (Å²) in [4.78, 5) is 30.2. The molecule has 9 heteroatoms. The summed E-state index contributed by atoms with van der Waals surface area (Å²) in [5.41, 5.74) is 1.55. The third kappa shape index (κ3) is 4.70. The summed E-state index contributed by atoms with van der Waals surface area (Å²) in [6.45, 7) is 4.28. The summed E-state index contributed by atoms with van der Waals surface area (Å²) < 4.78 is 4.95. The standard InChI is InChI=1S/C18H24N4O3S2/c1-4-5-13-19-18(22-21-13)26-9-14(23)20-16-15(17(24)25-3)11-7-6-10(2)8-12(11)27-16/h10H,4-9H2,1-3H3,(H,20,23)(H,19,21,22). The number of esters is 1. The van der Waals surface area contributed by atoms with E-state index < -0.39 is 0 Å². The van der Waals surface area contributed by atoms with E-state index in [1.165, 1.54) is 35.1 Å². The van der Waals surface area contributed by atoms with Gasteiger partial charge in [-0.05, 0) is 37.2 Å². The largest absolute Gasteiger partial charge is 0.465 e. The second kappa shape index (κ2) is 8.88. The lowest BCUT2D eigenvalue weighted by Crippen LogP contribution is -2.17. The molecule has 0 bridgehead atoms. The molecule has 2 aromatic rings. The molecule has 1 amide bonds. The Morgan fingerprint density at radius 3 is 3.00 bits per heavy atom. The molecule has 3 rings (SSSR count). The molecule has 0 aromatic carbocycles. The highest BCUT2D eigenvalue weighted by atomic mass is 32.2. The number of carbonyl (C=O) groups excluding carboxylic acids is 2. The van der Waals surface area contributed by atoms with Crippen LogP contribution in [0.15, 0.2) is 5.16 Å². The highest BCUT2D eigenvalue weighted by molar-refractivity contribution is 7.99. The Balaban J connectivity index is 1.68. The summed E-state index contributed by atoms with van der Waals surface area (Å²) >= 11 is 2.76. The first-order valence-corrected chi connectivity index (χ1v) is 10.9. The Morgan fingerprint density at radius 2 is 2.26 bits per heavy atom. The van der Waals surface area contributed by atoms with Crippen LogP contribution in [-0.4, -0.2) is 39.9 Å². The highest BCUT2D eigenvalue weighted by Gasteiger charge is 2.28. The van der Waals surface area contributed by atoms with Crippen molar-refractivity contribution in [2.45, 2.75) is 51.1 Å². The number of fused-ring (bicyclic) bond motifs is 1. The van der Waals surface area contributed by atoms with Gasteiger partial charge in [-0.15, -0.1) is 16.4 Å². The average Bonchev–Trinajstić information content (AvgIpc) is 3.23. The number of methoxy groups -OCH3 is 1. The third-order valence-corrected chi connectivity index (χ3v) is 6.50. The molecule has 0 fully saturated rings. The number of nitrogens with one attached hydrogen (secondary N) is 2. The summed E-state index contributed by atoms with van der Waals surface area (Å²) in [6, 6.07) is 0. The maximum atomic E-state index is 12.4. The second-order valence-electron chi connectivity index (χ2n) is 6.70. The van der Waals surface area contributed by atoms with Gasteiger partial charge in [-0.25, -0.2) is 9.78 Å². The number of hydrogen-bond acceptors (Lipinski definition) is 7. The fourth-order valence-electron chi connectivity index (χ4n) is 3.14. The summed E-state index contributed by atoms with van der Waals surface area (Å²) in [6.07, 6.45) is 4.65.